The average Bonchev–Trinajstić information content (AvgIpc) is 2.36. The van der Waals surface area contributed by atoms with E-state index in [-0.39, 0.29) is 30.4 Å². The third-order valence-electron chi connectivity index (χ3n) is 2.62. The maximum Gasteiger partial charge on any atom is 0.336 e. The number of anilines is 1. The molecule has 1 aliphatic rings. The van der Waals surface area contributed by atoms with Crippen molar-refractivity contribution in [3.63, 3.8) is 0 Å². The Morgan fingerprint density at radius 1 is 1.42 bits per heavy atom. The number of hydrazine groups is 1. The minimum Gasteiger partial charge on any atom is -0.317 e. The maximum atomic E-state index is 13.2. The van der Waals surface area contributed by atoms with E-state index in [1.54, 1.807) is 0 Å². The Hall–Kier alpha value is -1.70. The summed E-state index contributed by atoms with van der Waals surface area (Å²) >= 11 is 5.72. The molecule has 1 aliphatic heterocycles. The van der Waals surface area contributed by atoms with E-state index >= 15 is 0 Å². The molecule has 0 radical (unpaired) electrons. The molecule has 0 saturated carbocycles. The van der Waals surface area contributed by atoms with Crippen molar-refractivity contribution >= 4 is 23.4 Å². The van der Waals surface area contributed by atoms with E-state index in [0.29, 0.717) is 0 Å². The molecule has 1 aromatic heterocycles. The van der Waals surface area contributed by atoms with Gasteiger partial charge in [0.25, 0.3) is 5.92 Å². The topological polar surface area (TPSA) is 70.1 Å². The van der Waals surface area contributed by atoms with Crippen LogP contribution in [0.4, 0.5) is 19.4 Å². The van der Waals surface area contributed by atoms with Gasteiger partial charge >= 0.3 is 6.03 Å². The Morgan fingerprint density at radius 2 is 2.16 bits per heavy atom. The summed E-state index contributed by atoms with van der Waals surface area (Å²) in [5.74, 6) is -2.68. The largest absolute Gasteiger partial charge is 0.336 e. The predicted octanol–water partition coefficient (Wildman–Crippen LogP) is 1.90. The van der Waals surface area contributed by atoms with E-state index in [4.69, 9.17) is 11.6 Å². The SMILES string of the molecule is O=C(NNc1nccnc1Cl)N1CCCC(F)(F)C1. The lowest BCUT2D eigenvalue weighted by atomic mass is 10.1. The van der Waals surface area contributed by atoms with Gasteiger partial charge in [0.05, 0.1) is 6.54 Å². The number of halogens is 3. The zero-order chi connectivity index (χ0) is 13.9. The standard InChI is InChI=1S/C10H12ClF2N5O/c11-7-8(15-4-3-14-7)16-17-9(19)18-5-1-2-10(12,13)6-18/h3-4H,1-2,5-6H2,(H,15,16)(H,17,19). The number of alkyl halides is 2. The summed E-state index contributed by atoms with van der Waals surface area (Å²) in [4.78, 5) is 20.3. The number of aromatic nitrogens is 2. The Labute approximate surface area is 113 Å². The minimum atomic E-state index is -2.83. The Balaban J connectivity index is 1.90. The van der Waals surface area contributed by atoms with Crippen LogP contribution in [0, 0.1) is 0 Å². The summed E-state index contributed by atoms with van der Waals surface area (Å²) in [5, 5.41) is 0.0757. The van der Waals surface area contributed by atoms with E-state index in [0.717, 1.165) is 4.90 Å². The fraction of sp³-hybridized carbons (Fsp3) is 0.500. The fourth-order valence-electron chi connectivity index (χ4n) is 1.74. The highest BCUT2D eigenvalue weighted by molar-refractivity contribution is 6.31. The molecule has 104 valence electrons. The van der Waals surface area contributed by atoms with E-state index in [9.17, 15) is 13.6 Å². The highest BCUT2D eigenvalue weighted by Crippen LogP contribution is 2.26. The number of likely N-dealkylation sites (tertiary alicyclic amines) is 1. The van der Waals surface area contributed by atoms with Crippen molar-refractivity contribution in [1.29, 1.82) is 0 Å². The number of piperidine rings is 1. The van der Waals surface area contributed by atoms with Gasteiger partial charge in [-0.2, -0.15) is 0 Å². The molecule has 0 atom stereocenters. The van der Waals surface area contributed by atoms with Gasteiger partial charge in [-0.25, -0.2) is 23.5 Å². The number of carbonyl (C=O) groups excluding carboxylic acids is 1. The van der Waals surface area contributed by atoms with Gasteiger partial charge < -0.3 is 4.90 Å². The lowest BCUT2D eigenvalue weighted by Gasteiger charge is -2.32. The third-order valence-corrected chi connectivity index (χ3v) is 2.90. The molecule has 0 spiro atoms. The fourth-order valence-corrected chi connectivity index (χ4v) is 1.89. The molecule has 2 heterocycles. The molecule has 0 aromatic carbocycles. The van der Waals surface area contributed by atoms with Crippen LogP contribution in [0.25, 0.3) is 0 Å². The Kier molecular flexibility index (Phi) is 3.98. The summed E-state index contributed by atoms with van der Waals surface area (Å²) in [5.41, 5.74) is 4.71. The van der Waals surface area contributed by atoms with Gasteiger partial charge in [-0.05, 0) is 6.42 Å². The molecule has 1 fully saturated rings. The van der Waals surface area contributed by atoms with Crippen molar-refractivity contribution in [2.75, 3.05) is 18.5 Å². The number of rotatable bonds is 2. The number of nitrogens with zero attached hydrogens (tertiary/aromatic N) is 3. The average molecular weight is 292 g/mol. The van der Waals surface area contributed by atoms with Crippen molar-refractivity contribution in [3.05, 3.63) is 17.5 Å². The molecule has 2 amide bonds. The van der Waals surface area contributed by atoms with E-state index in [2.05, 4.69) is 20.8 Å². The Bertz CT molecular complexity index is 473. The monoisotopic (exact) mass is 291 g/mol. The van der Waals surface area contributed by atoms with Gasteiger partial charge in [0, 0.05) is 25.4 Å². The molecule has 0 bridgehead atoms. The Morgan fingerprint density at radius 3 is 2.84 bits per heavy atom. The first-order chi connectivity index (χ1) is 8.98. The van der Waals surface area contributed by atoms with Crippen molar-refractivity contribution in [2.45, 2.75) is 18.8 Å². The molecular weight excluding hydrogens is 280 g/mol. The summed E-state index contributed by atoms with van der Waals surface area (Å²) in [6.07, 6.45) is 2.85. The summed E-state index contributed by atoms with van der Waals surface area (Å²) < 4.78 is 26.3. The normalized spacial score (nSPS) is 17.9. The summed E-state index contributed by atoms with van der Waals surface area (Å²) in [6, 6.07) is -0.652. The van der Waals surface area contributed by atoms with Crippen LogP contribution in [-0.4, -0.2) is 39.9 Å². The molecule has 9 heteroatoms. The van der Waals surface area contributed by atoms with Gasteiger partial charge in [0.2, 0.25) is 0 Å². The first-order valence-electron chi connectivity index (χ1n) is 5.63. The van der Waals surface area contributed by atoms with Crippen molar-refractivity contribution < 1.29 is 13.6 Å². The lowest BCUT2D eigenvalue weighted by Crippen LogP contribution is -2.50. The number of carbonyl (C=O) groups is 1. The zero-order valence-corrected chi connectivity index (χ0v) is 10.6. The highest BCUT2D eigenvalue weighted by Gasteiger charge is 2.37. The number of amides is 2. The molecule has 19 heavy (non-hydrogen) atoms. The first kappa shape index (κ1) is 13.7. The van der Waals surface area contributed by atoms with Crippen LogP contribution in [-0.2, 0) is 0 Å². The van der Waals surface area contributed by atoms with Crippen LogP contribution in [0.1, 0.15) is 12.8 Å². The second-order valence-electron chi connectivity index (χ2n) is 4.13. The van der Waals surface area contributed by atoms with Crippen LogP contribution in [0.15, 0.2) is 12.4 Å². The second kappa shape index (κ2) is 5.52. The molecule has 6 nitrogen and oxygen atoms in total. The first-order valence-corrected chi connectivity index (χ1v) is 6.01. The van der Waals surface area contributed by atoms with Gasteiger partial charge in [0.15, 0.2) is 11.0 Å². The quantitative estimate of drug-likeness (QED) is 0.817. The van der Waals surface area contributed by atoms with E-state index in [1.165, 1.54) is 12.4 Å². The van der Waals surface area contributed by atoms with Crippen LogP contribution >= 0.6 is 11.6 Å². The van der Waals surface area contributed by atoms with Crippen LogP contribution in [0.2, 0.25) is 5.15 Å². The number of urea groups is 1. The molecular formula is C10H12ClF2N5O. The second-order valence-corrected chi connectivity index (χ2v) is 4.49. The molecule has 0 aliphatic carbocycles. The highest BCUT2D eigenvalue weighted by atomic mass is 35.5. The van der Waals surface area contributed by atoms with Gasteiger partial charge in [-0.15, -0.1) is 0 Å². The van der Waals surface area contributed by atoms with Gasteiger partial charge in [0.1, 0.15) is 0 Å². The van der Waals surface area contributed by atoms with Gasteiger partial charge in [-0.1, -0.05) is 11.6 Å². The third kappa shape index (κ3) is 3.63. The molecule has 2 rings (SSSR count). The zero-order valence-electron chi connectivity index (χ0n) is 9.87. The smallest absolute Gasteiger partial charge is 0.317 e. The molecule has 1 saturated heterocycles. The summed E-state index contributed by atoms with van der Waals surface area (Å²) in [7, 11) is 0. The maximum absolute atomic E-state index is 13.2. The summed E-state index contributed by atoms with van der Waals surface area (Å²) in [6.45, 7) is -0.300. The predicted molar refractivity (Wildman–Crippen MR) is 65.0 cm³/mol. The van der Waals surface area contributed by atoms with Crippen molar-refractivity contribution in [3.8, 4) is 0 Å². The molecule has 0 unspecified atom stereocenters. The number of nitrogens with one attached hydrogen (secondary N) is 2. The number of hydrogen-bond acceptors (Lipinski definition) is 4. The van der Waals surface area contributed by atoms with Crippen LogP contribution in [0.3, 0.4) is 0 Å². The minimum absolute atomic E-state index is 0.0757. The van der Waals surface area contributed by atoms with Gasteiger partial charge in [-0.3, -0.25) is 10.9 Å². The van der Waals surface area contributed by atoms with E-state index in [1.807, 2.05) is 0 Å². The van der Waals surface area contributed by atoms with Crippen LogP contribution < -0.4 is 10.9 Å². The number of hydrogen-bond donors (Lipinski definition) is 2. The van der Waals surface area contributed by atoms with Crippen LogP contribution in [0.5, 0.6) is 0 Å². The molecule has 1 aromatic rings. The van der Waals surface area contributed by atoms with Crippen molar-refractivity contribution in [2.24, 2.45) is 0 Å². The van der Waals surface area contributed by atoms with Crippen molar-refractivity contribution in [1.82, 2.24) is 20.3 Å². The molecule has 2 N–H and O–H groups in total. The lowest BCUT2D eigenvalue weighted by molar-refractivity contribution is -0.0521. The van der Waals surface area contributed by atoms with E-state index < -0.39 is 18.5 Å².